The third kappa shape index (κ3) is 3.32. The van der Waals surface area contributed by atoms with Crippen molar-refractivity contribution in [2.75, 3.05) is 12.4 Å². The maximum atomic E-state index is 5.32. The monoisotopic (exact) mass is 247 g/mol. The van der Waals surface area contributed by atoms with E-state index in [4.69, 9.17) is 4.74 Å². The van der Waals surface area contributed by atoms with Crippen LogP contribution in [0.25, 0.3) is 0 Å². The largest absolute Gasteiger partial charge is 0.381 e. The molecule has 1 heterocycles. The maximum Gasteiger partial charge on any atom is 0.0793 e. The average Bonchev–Trinajstić information content (AvgIpc) is 2.89. The fraction of sp³-hybridized carbons (Fsp3) is 0.286. The second-order valence-corrected chi connectivity index (χ2v) is 4.77. The second kappa shape index (κ2) is 5.84. The van der Waals surface area contributed by atoms with Gasteiger partial charge in [0.15, 0.2) is 0 Å². The number of nitrogens with one attached hydrogen (secondary N) is 1. The Bertz CT molecular complexity index is 453. The van der Waals surface area contributed by atoms with Crippen molar-refractivity contribution in [3.8, 4) is 0 Å². The first-order valence-electron chi connectivity index (χ1n) is 5.67. The summed E-state index contributed by atoms with van der Waals surface area (Å²) in [5.41, 5.74) is 3.65. The Hall–Kier alpha value is -1.32. The van der Waals surface area contributed by atoms with Crippen LogP contribution in [0.2, 0.25) is 0 Å². The standard InChI is InChI=1S/C14H17NOS/c1-11(16-2)13-4-3-5-14(8-13)15-9-12-6-7-17-10-12/h3-8,10-11,15H,9H2,1-2H3/t11-/m1/s1. The molecule has 0 fully saturated rings. The number of ether oxygens (including phenoxy) is 1. The van der Waals surface area contributed by atoms with Gasteiger partial charge in [0.05, 0.1) is 6.10 Å². The number of benzene rings is 1. The zero-order valence-electron chi connectivity index (χ0n) is 10.1. The number of hydrogen-bond acceptors (Lipinski definition) is 3. The number of thiophene rings is 1. The van der Waals surface area contributed by atoms with Gasteiger partial charge in [-0.05, 0) is 47.0 Å². The fourth-order valence-electron chi connectivity index (χ4n) is 1.63. The quantitative estimate of drug-likeness (QED) is 0.860. The third-order valence-corrected chi connectivity index (χ3v) is 3.52. The summed E-state index contributed by atoms with van der Waals surface area (Å²) in [7, 11) is 1.73. The Morgan fingerprint density at radius 1 is 1.35 bits per heavy atom. The van der Waals surface area contributed by atoms with Crippen LogP contribution >= 0.6 is 11.3 Å². The summed E-state index contributed by atoms with van der Waals surface area (Å²) >= 11 is 1.73. The SMILES string of the molecule is CO[C@H](C)c1cccc(NCc2ccsc2)c1. The van der Waals surface area contributed by atoms with Crippen LogP contribution in [-0.2, 0) is 11.3 Å². The number of rotatable bonds is 5. The summed E-state index contributed by atoms with van der Waals surface area (Å²) in [5, 5.41) is 7.68. The lowest BCUT2D eigenvalue weighted by Gasteiger charge is -2.12. The number of methoxy groups -OCH3 is 1. The predicted molar refractivity (Wildman–Crippen MR) is 73.5 cm³/mol. The van der Waals surface area contributed by atoms with Crippen LogP contribution < -0.4 is 5.32 Å². The van der Waals surface area contributed by atoms with Crippen LogP contribution in [0.4, 0.5) is 5.69 Å². The van der Waals surface area contributed by atoms with Crippen LogP contribution in [-0.4, -0.2) is 7.11 Å². The lowest BCUT2D eigenvalue weighted by atomic mass is 10.1. The van der Waals surface area contributed by atoms with E-state index in [2.05, 4.69) is 53.3 Å². The normalized spacial score (nSPS) is 12.4. The van der Waals surface area contributed by atoms with Gasteiger partial charge < -0.3 is 10.1 Å². The molecule has 2 rings (SSSR count). The van der Waals surface area contributed by atoms with Crippen molar-refractivity contribution in [1.29, 1.82) is 0 Å². The van der Waals surface area contributed by atoms with Gasteiger partial charge in [-0.2, -0.15) is 11.3 Å². The smallest absolute Gasteiger partial charge is 0.0793 e. The van der Waals surface area contributed by atoms with E-state index < -0.39 is 0 Å². The van der Waals surface area contributed by atoms with E-state index in [1.54, 1.807) is 18.4 Å². The summed E-state index contributed by atoms with van der Waals surface area (Å²) < 4.78 is 5.32. The highest BCUT2D eigenvalue weighted by atomic mass is 32.1. The minimum absolute atomic E-state index is 0.137. The summed E-state index contributed by atoms with van der Waals surface area (Å²) in [6.45, 7) is 2.92. The number of anilines is 1. The molecule has 1 aromatic carbocycles. The van der Waals surface area contributed by atoms with E-state index in [0.717, 1.165) is 12.2 Å². The molecule has 0 aliphatic carbocycles. The maximum absolute atomic E-state index is 5.32. The molecule has 0 aliphatic rings. The van der Waals surface area contributed by atoms with E-state index in [1.165, 1.54) is 11.1 Å². The van der Waals surface area contributed by atoms with Crippen LogP contribution in [0, 0.1) is 0 Å². The molecule has 0 aliphatic heterocycles. The van der Waals surface area contributed by atoms with Gasteiger partial charge in [0.2, 0.25) is 0 Å². The zero-order chi connectivity index (χ0) is 12.1. The number of hydrogen-bond donors (Lipinski definition) is 1. The van der Waals surface area contributed by atoms with E-state index in [0.29, 0.717) is 0 Å². The van der Waals surface area contributed by atoms with Gasteiger partial charge in [0.1, 0.15) is 0 Å². The van der Waals surface area contributed by atoms with E-state index in [-0.39, 0.29) is 6.10 Å². The first-order chi connectivity index (χ1) is 8.29. The minimum atomic E-state index is 0.137. The Morgan fingerprint density at radius 3 is 2.94 bits per heavy atom. The molecule has 2 aromatic rings. The molecule has 1 N–H and O–H groups in total. The molecule has 0 saturated carbocycles. The highest BCUT2D eigenvalue weighted by molar-refractivity contribution is 7.07. The molecule has 2 nitrogen and oxygen atoms in total. The van der Waals surface area contributed by atoms with Crippen LogP contribution in [0.1, 0.15) is 24.2 Å². The molecule has 0 unspecified atom stereocenters. The molecule has 17 heavy (non-hydrogen) atoms. The van der Waals surface area contributed by atoms with Crippen molar-refractivity contribution in [2.24, 2.45) is 0 Å². The van der Waals surface area contributed by atoms with Gasteiger partial charge >= 0.3 is 0 Å². The first-order valence-corrected chi connectivity index (χ1v) is 6.61. The second-order valence-electron chi connectivity index (χ2n) is 3.99. The van der Waals surface area contributed by atoms with Crippen molar-refractivity contribution in [3.63, 3.8) is 0 Å². The molecule has 3 heteroatoms. The van der Waals surface area contributed by atoms with Crippen molar-refractivity contribution in [3.05, 3.63) is 52.2 Å². The van der Waals surface area contributed by atoms with Crippen molar-refractivity contribution >= 4 is 17.0 Å². The van der Waals surface area contributed by atoms with Gasteiger partial charge in [-0.15, -0.1) is 0 Å². The Labute approximate surface area is 106 Å². The fourth-order valence-corrected chi connectivity index (χ4v) is 2.30. The summed E-state index contributed by atoms with van der Waals surface area (Å²) in [4.78, 5) is 0. The van der Waals surface area contributed by atoms with Gasteiger partial charge in [-0.25, -0.2) is 0 Å². The van der Waals surface area contributed by atoms with E-state index in [9.17, 15) is 0 Å². The van der Waals surface area contributed by atoms with Crippen LogP contribution in [0.5, 0.6) is 0 Å². The van der Waals surface area contributed by atoms with Crippen molar-refractivity contribution < 1.29 is 4.74 Å². The Morgan fingerprint density at radius 2 is 2.24 bits per heavy atom. The first kappa shape index (κ1) is 12.1. The molecule has 0 saturated heterocycles. The molecule has 1 atom stereocenters. The third-order valence-electron chi connectivity index (χ3n) is 2.79. The summed E-state index contributed by atoms with van der Waals surface area (Å²) in [5.74, 6) is 0. The van der Waals surface area contributed by atoms with Crippen molar-refractivity contribution in [2.45, 2.75) is 19.6 Å². The van der Waals surface area contributed by atoms with Crippen LogP contribution in [0.15, 0.2) is 41.1 Å². The highest BCUT2D eigenvalue weighted by Gasteiger charge is 2.03. The van der Waals surface area contributed by atoms with Gasteiger partial charge in [0, 0.05) is 19.3 Å². The lowest BCUT2D eigenvalue weighted by molar-refractivity contribution is 0.119. The summed E-state index contributed by atoms with van der Waals surface area (Å²) in [6, 6.07) is 10.5. The lowest BCUT2D eigenvalue weighted by Crippen LogP contribution is -2.00. The molecule has 0 amide bonds. The Balaban J connectivity index is 2.01. The molecular weight excluding hydrogens is 230 g/mol. The van der Waals surface area contributed by atoms with Gasteiger partial charge in [-0.1, -0.05) is 12.1 Å². The molecule has 0 radical (unpaired) electrons. The molecule has 0 spiro atoms. The van der Waals surface area contributed by atoms with Gasteiger partial charge in [0.25, 0.3) is 0 Å². The zero-order valence-corrected chi connectivity index (χ0v) is 11.0. The topological polar surface area (TPSA) is 21.3 Å². The summed E-state index contributed by atoms with van der Waals surface area (Å²) in [6.07, 6.45) is 0.137. The molecule has 0 bridgehead atoms. The predicted octanol–water partition coefficient (Wildman–Crippen LogP) is 4.07. The molecular formula is C14H17NOS. The molecule has 90 valence electrons. The van der Waals surface area contributed by atoms with E-state index >= 15 is 0 Å². The Kier molecular flexibility index (Phi) is 4.18. The van der Waals surface area contributed by atoms with Gasteiger partial charge in [-0.3, -0.25) is 0 Å². The molecule has 1 aromatic heterocycles. The van der Waals surface area contributed by atoms with Crippen molar-refractivity contribution in [1.82, 2.24) is 0 Å². The van der Waals surface area contributed by atoms with Crippen LogP contribution in [0.3, 0.4) is 0 Å². The van der Waals surface area contributed by atoms with E-state index in [1.807, 2.05) is 0 Å². The highest BCUT2D eigenvalue weighted by Crippen LogP contribution is 2.20. The minimum Gasteiger partial charge on any atom is -0.381 e. The average molecular weight is 247 g/mol.